The number of aliphatic hydroxyl groups is 1. The predicted molar refractivity (Wildman–Crippen MR) is 76.9 cm³/mol. The molecule has 1 nitrogen and oxygen atoms in total. The Hall–Kier alpha value is -0.780. The van der Waals surface area contributed by atoms with Crippen molar-refractivity contribution in [2.45, 2.75) is 12.5 Å². The maximum absolute atomic E-state index is 13.2. The third kappa shape index (κ3) is 3.61. The molecule has 0 amide bonds. The van der Waals surface area contributed by atoms with Gasteiger partial charge in [-0.3, -0.25) is 0 Å². The summed E-state index contributed by atoms with van der Waals surface area (Å²) in [5.41, 5.74) is 1.07. The molecule has 0 bridgehead atoms. The SMILES string of the molecule is OC(Cc1cc(F)ccc1Br)c1cc(F)ccc1Br. The van der Waals surface area contributed by atoms with Crippen LogP contribution >= 0.6 is 31.9 Å². The first-order valence-corrected chi connectivity index (χ1v) is 7.13. The molecule has 5 heteroatoms. The first kappa shape index (κ1) is 14.6. The molecule has 100 valence electrons. The Bertz CT molecular complexity index is 602. The monoisotopic (exact) mass is 390 g/mol. The van der Waals surface area contributed by atoms with Crippen molar-refractivity contribution in [3.05, 3.63) is 68.1 Å². The van der Waals surface area contributed by atoms with Gasteiger partial charge in [-0.05, 0) is 47.5 Å². The highest BCUT2D eigenvalue weighted by Crippen LogP contribution is 2.29. The quantitative estimate of drug-likeness (QED) is 0.799. The van der Waals surface area contributed by atoms with Crippen LogP contribution in [-0.4, -0.2) is 5.11 Å². The highest BCUT2D eigenvalue weighted by molar-refractivity contribution is 9.10. The lowest BCUT2D eigenvalue weighted by atomic mass is 10.0. The number of benzene rings is 2. The Kier molecular flexibility index (Phi) is 4.71. The normalized spacial score (nSPS) is 12.5. The van der Waals surface area contributed by atoms with Gasteiger partial charge in [0.05, 0.1) is 6.10 Å². The minimum absolute atomic E-state index is 0.195. The van der Waals surface area contributed by atoms with Crippen LogP contribution in [0.15, 0.2) is 45.3 Å². The maximum Gasteiger partial charge on any atom is 0.123 e. The van der Waals surface area contributed by atoms with E-state index in [0.29, 0.717) is 20.1 Å². The molecule has 0 radical (unpaired) electrons. The lowest BCUT2D eigenvalue weighted by molar-refractivity contribution is 0.177. The summed E-state index contributed by atoms with van der Waals surface area (Å²) in [5, 5.41) is 10.2. The van der Waals surface area contributed by atoms with Gasteiger partial charge in [-0.1, -0.05) is 31.9 Å². The molecule has 0 aliphatic heterocycles. The van der Waals surface area contributed by atoms with Gasteiger partial charge in [-0.25, -0.2) is 8.78 Å². The second kappa shape index (κ2) is 6.11. The molecule has 1 atom stereocenters. The molecule has 0 fully saturated rings. The van der Waals surface area contributed by atoms with Crippen molar-refractivity contribution in [3.63, 3.8) is 0 Å². The van der Waals surface area contributed by atoms with E-state index in [9.17, 15) is 13.9 Å². The third-order valence-electron chi connectivity index (χ3n) is 2.74. The van der Waals surface area contributed by atoms with Crippen LogP contribution in [-0.2, 0) is 6.42 Å². The smallest absolute Gasteiger partial charge is 0.123 e. The zero-order valence-corrected chi connectivity index (χ0v) is 12.9. The molecule has 2 aromatic carbocycles. The van der Waals surface area contributed by atoms with Gasteiger partial charge in [0.25, 0.3) is 0 Å². The molecule has 0 aliphatic carbocycles. The van der Waals surface area contributed by atoms with Crippen molar-refractivity contribution in [1.82, 2.24) is 0 Å². The van der Waals surface area contributed by atoms with Crippen LogP contribution in [0, 0.1) is 11.6 Å². The van der Waals surface area contributed by atoms with Crippen molar-refractivity contribution in [3.8, 4) is 0 Å². The molecule has 0 heterocycles. The zero-order chi connectivity index (χ0) is 14.0. The van der Waals surface area contributed by atoms with Crippen molar-refractivity contribution >= 4 is 31.9 Å². The minimum atomic E-state index is -0.914. The average molecular weight is 392 g/mol. The van der Waals surface area contributed by atoms with Crippen molar-refractivity contribution in [2.75, 3.05) is 0 Å². The fraction of sp³-hybridized carbons (Fsp3) is 0.143. The van der Waals surface area contributed by atoms with Gasteiger partial charge >= 0.3 is 0 Å². The lowest BCUT2D eigenvalue weighted by Gasteiger charge is -2.14. The van der Waals surface area contributed by atoms with Gasteiger partial charge in [-0.15, -0.1) is 0 Å². The standard InChI is InChI=1S/C14H10Br2F2O/c15-12-3-1-9(17)5-8(12)6-14(19)11-7-10(18)2-4-13(11)16/h1-5,7,14,19H,6H2. The van der Waals surface area contributed by atoms with E-state index in [-0.39, 0.29) is 12.2 Å². The first-order valence-electron chi connectivity index (χ1n) is 5.54. The molecule has 1 N–H and O–H groups in total. The maximum atomic E-state index is 13.2. The molecular weight excluding hydrogens is 382 g/mol. The van der Waals surface area contributed by atoms with Gasteiger partial charge in [0, 0.05) is 15.4 Å². The fourth-order valence-corrected chi connectivity index (χ4v) is 2.71. The molecule has 1 unspecified atom stereocenters. The molecule has 0 aromatic heterocycles. The molecule has 2 rings (SSSR count). The molecule has 0 saturated heterocycles. The summed E-state index contributed by atoms with van der Waals surface area (Å²) < 4.78 is 27.7. The average Bonchev–Trinajstić information content (AvgIpc) is 2.36. The van der Waals surface area contributed by atoms with Gasteiger partial charge in [0.2, 0.25) is 0 Å². The van der Waals surface area contributed by atoms with Crippen molar-refractivity contribution in [2.24, 2.45) is 0 Å². The first-order chi connectivity index (χ1) is 8.97. The Morgan fingerprint density at radius 3 is 2.21 bits per heavy atom. The van der Waals surface area contributed by atoms with Gasteiger partial charge in [0.1, 0.15) is 11.6 Å². The van der Waals surface area contributed by atoms with E-state index in [0.717, 1.165) is 0 Å². The van der Waals surface area contributed by atoms with E-state index >= 15 is 0 Å². The summed E-state index contributed by atoms with van der Waals surface area (Å²) in [7, 11) is 0. The highest BCUT2D eigenvalue weighted by atomic mass is 79.9. The van der Waals surface area contributed by atoms with Crippen molar-refractivity contribution in [1.29, 1.82) is 0 Å². The van der Waals surface area contributed by atoms with E-state index in [1.807, 2.05) is 0 Å². The second-order valence-electron chi connectivity index (χ2n) is 4.12. The van der Waals surface area contributed by atoms with Gasteiger partial charge < -0.3 is 5.11 Å². The number of halogens is 4. The molecule has 19 heavy (non-hydrogen) atoms. The zero-order valence-electron chi connectivity index (χ0n) is 9.71. The number of aliphatic hydroxyl groups excluding tert-OH is 1. The summed E-state index contributed by atoms with van der Waals surface area (Å²) in [5.74, 6) is -0.792. The minimum Gasteiger partial charge on any atom is -0.388 e. The molecule has 2 aromatic rings. The van der Waals surface area contributed by atoms with E-state index in [1.54, 1.807) is 6.07 Å². The second-order valence-corrected chi connectivity index (χ2v) is 5.83. The Labute approximate surface area is 126 Å². The van der Waals surface area contributed by atoms with Crippen LogP contribution in [0.25, 0.3) is 0 Å². The van der Waals surface area contributed by atoms with Crippen LogP contribution in [0.4, 0.5) is 8.78 Å². The Morgan fingerprint density at radius 1 is 0.947 bits per heavy atom. The number of hydrogen-bond acceptors (Lipinski definition) is 1. The summed E-state index contributed by atoms with van der Waals surface area (Å²) in [6.07, 6.45) is -0.719. The van der Waals surface area contributed by atoms with E-state index in [1.165, 1.54) is 30.3 Å². The lowest BCUT2D eigenvalue weighted by Crippen LogP contribution is -2.04. The molecule has 0 aliphatic rings. The van der Waals surface area contributed by atoms with E-state index in [4.69, 9.17) is 0 Å². The van der Waals surface area contributed by atoms with E-state index in [2.05, 4.69) is 31.9 Å². The van der Waals surface area contributed by atoms with Crippen molar-refractivity contribution < 1.29 is 13.9 Å². The van der Waals surface area contributed by atoms with Crippen LogP contribution < -0.4 is 0 Å². The van der Waals surface area contributed by atoms with Gasteiger partial charge in [0.15, 0.2) is 0 Å². The molecule has 0 saturated carbocycles. The Morgan fingerprint density at radius 2 is 1.53 bits per heavy atom. The largest absolute Gasteiger partial charge is 0.388 e. The number of hydrogen-bond donors (Lipinski definition) is 1. The predicted octanol–water partition coefficient (Wildman–Crippen LogP) is 4.77. The fourth-order valence-electron chi connectivity index (χ4n) is 1.79. The van der Waals surface area contributed by atoms with E-state index < -0.39 is 11.9 Å². The summed E-state index contributed by atoms with van der Waals surface area (Å²) in [4.78, 5) is 0. The number of rotatable bonds is 3. The van der Waals surface area contributed by atoms with Crippen LogP contribution in [0.3, 0.4) is 0 Å². The molecular formula is C14H10Br2F2O. The summed E-state index contributed by atoms with van der Waals surface area (Å²) >= 11 is 6.57. The highest BCUT2D eigenvalue weighted by Gasteiger charge is 2.15. The Balaban J connectivity index is 2.27. The summed E-state index contributed by atoms with van der Waals surface area (Å²) in [6, 6.07) is 8.37. The third-order valence-corrected chi connectivity index (χ3v) is 4.23. The van der Waals surface area contributed by atoms with Crippen LogP contribution in [0.2, 0.25) is 0 Å². The molecule has 0 spiro atoms. The van der Waals surface area contributed by atoms with Gasteiger partial charge in [-0.2, -0.15) is 0 Å². The summed E-state index contributed by atoms with van der Waals surface area (Å²) in [6.45, 7) is 0. The van der Waals surface area contributed by atoms with Crippen LogP contribution in [0.5, 0.6) is 0 Å². The topological polar surface area (TPSA) is 20.2 Å². The van der Waals surface area contributed by atoms with Crippen LogP contribution in [0.1, 0.15) is 17.2 Å².